The summed E-state index contributed by atoms with van der Waals surface area (Å²) in [5, 5.41) is 3.40. The van der Waals surface area contributed by atoms with Gasteiger partial charge in [0.2, 0.25) is 0 Å². The molecule has 0 radical (unpaired) electrons. The molecular weight excluding hydrogens is 181 g/mol. The number of nitrogens with one attached hydrogen (secondary N) is 1. The molecule has 0 aromatic rings. The molecule has 1 atom stereocenters. The maximum Gasteiger partial charge on any atom is 0.122 e. The van der Waals surface area contributed by atoms with Gasteiger partial charge in [0.15, 0.2) is 0 Å². The lowest BCUT2D eigenvalue weighted by atomic mass is 10.4. The Morgan fingerprint density at radius 3 is 2.36 bits per heavy atom. The van der Waals surface area contributed by atoms with Gasteiger partial charge in [0.1, 0.15) is 4.33 Å². The van der Waals surface area contributed by atoms with Crippen molar-refractivity contribution in [3.8, 4) is 0 Å². The summed E-state index contributed by atoms with van der Waals surface area (Å²) in [7, 11) is 0. The van der Waals surface area contributed by atoms with Crippen molar-refractivity contribution in [3.63, 3.8) is 0 Å². The van der Waals surface area contributed by atoms with Gasteiger partial charge in [0.05, 0.1) is 0 Å². The lowest BCUT2D eigenvalue weighted by molar-refractivity contribution is 0.601. The molecule has 0 spiro atoms. The highest BCUT2D eigenvalue weighted by Crippen LogP contribution is 2.52. The zero-order chi connectivity index (χ0) is 7.90. The lowest BCUT2D eigenvalue weighted by Crippen LogP contribution is -2.21. The van der Waals surface area contributed by atoms with E-state index < -0.39 is 4.33 Å². The maximum atomic E-state index is 5.86. The minimum absolute atomic E-state index is 0.392. The number of rotatable bonds is 4. The Hall–Kier alpha value is 0.540. The third-order valence-electron chi connectivity index (χ3n) is 2.48. The molecule has 64 valence electrons. The van der Waals surface area contributed by atoms with Crippen LogP contribution in [0.25, 0.3) is 0 Å². The van der Waals surface area contributed by atoms with Gasteiger partial charge < -0.3 is 5.32 Å². The van der Waals surface area contributed by atoms with E-state index in [2.05, 4.69) is 5.32 Å². The van der Waals surface area contributed by atoms with E-state index in [0.717, 1.165) is 18.9 Å². The summed E-state index contributed by atoms with van der Waals surface area (Å²) in [6.07, 6.45) is 3.78. The van der Waals surface area contributed by atoms with Gasteiger partial charge in [-0.15, -0.1) is 23.2 Å². The first kappa shape index (κ1) is 8.15. The fraction of sp³-hybridized carbons (Fsp3) is 1.00. The van der Waals surface area contributed by atoms with Crippen LogP contribution in [0.1, 0.15) is 19.3 Å². The zero-order valence-electron chi connectivity index (χ0n) is 6.45. The normalized spacial score (nSPS) is 33.8. The lowest BCUT2D eigenvalue weighted by Gasteiger charge is -2.01. The number of alkyl halides is 2. The van der Waals surface area contributed by atoms with Gasteiger partial charge in [-0.25, -0.2) is 0 Å². The molecule has 0 saturated heterocycles. The zero-order valence-corrected chi connectivity index (χ0v) is 7.96. The third-order valence-corrected chi connectivity index (χ3v) is 3.40. The number of hydrogen-bond donors (Lipinski definition) is 1. The van der Waals surface area contributed by atoms with E-state index in [1.165, 1.54) is 19.4 Å². The first-order valence-corrected chi connectivity index (χ1v) is 5.02. The van der Waals surface area contributed by atoms with E-state index in [9.17, 15) is 0 Å². The summed E-state index contributed by atoms with van der Waals surface area (Å²) in [4.78, 5) is 0. The van der Waals surface area contributed by atoms with Gasteiger partial charge in [0, 0.05) is 12.5 Å². The predicted octanol–water partition coefficient (Wildman–Crippen LogP) is 2.18. The summed E-state index contributed by atoms with van der Waals surface area (Å²) in [5.74, 6) is 1.46. The highest BCUT2D eigenvalue weighted by atomic mass is 35.5. The highest BCUT2D eigenvalue weighted by molar-refractivity contribution is 6.50. The molecule has 0 aliphatic heterocycles. The summed E-state index contributed by atoms with van der Waals surface area (Å²) >= 11 is 11.7. The van der Waals surface area contributed by atoms with Crippen LogP contribution in [-0.4, -0.2) is 17.4 Å². The molecule has 0 aromatic carbocycles. The maximum absolute atomic E-state index is 5.86. The van der Waals surface area contributed by atoms with Crippen molar-refractivity contribution in [2.24, 2.45) is 11.8 Å². The fourth-order valence-corrected chi connectivity index (χ4v) is 1.80. The van der Waals surface area contributed by atoms with Gasteiger partial charge >= 0.3 is 0 Å². The second-order valence-electron chi connectivity index (χ2n) is 3.76. The minimum atomic E-state index is -0.392. The van der Waals surface area contributed by atoms with E-state index in [4.69, 9.17) is 23.2 Å². The number of halogens is 2. The molecule has 1 unspecified atom stereocenters. The molecule has 2 aliphatic rings. The Balaban J connectivity index is 1.54. The van der Waals surface area contributed by atoms with Crippen LogP contribution in [0.2, 0.25) is 0 Å². The van der Waals surface area contributed by atoms with Crippen LogP contribution in [0.3, 0.4) is 0 Å². The smallest absolute Gasteiger partial charge is 0.122 e. The highest BCUT2D eigenvalue weighted by Gasteiger charge is 2.51. The topological polar surface area (TPSA) is 12.0 Å². The van der Waals surface area contributed by atoms with E-state index in [1.54, 1.807) is 0 Å². The van der Waals surface area contributed by atoms with Gasteiger partial charge in [-0.3, -0.25) is 0 Å². The van der Waals surface area contributed by atoms with Crippen molar-refractivity contribution in [1.29, 1.82) is 0 Å². The van der Waals surface area contributed by atoms with Gasteiger partial charge in [-0.05, 0) is 31.7 Å². The molecule has 1 N–H and O–H groups in total. The van der Waals surface area contributed by atoms with E-state index in [-0.39, 0.29) is 0 Å². The Labute approximate surface area is 77.4 Å². The molecule has 2 fully saturated rings. The predicted molar refractivity (Wildman–Crippen MR) is 48.1 cm³/mol. The van der Waals surface area contributed by atoms with Crippen LogP contribution in [0, 0.1) is 11.8 Å². The summed E-state index contributed by atoms with van der Waals surface area (Å²) < 4.78 is -0.392. The summed E-state index contributed by atoms with van der Waals surface area (Å²) in [6.45, 7) is 2.17. The van der Waals surface area contributed by atoms with Crippen molar-refractivity contribution in [3.05, 3.63) is 0 Å². The molecule has 2 saturated carbocycles. The van der Waals surface area contributed by atoms with Crippen LogP contribution in [0.4, 0.5) is 0 Å². The average Bonchev–Trinajstić information content (AvgIpc) is 2.75. The SMILES string of the molecule is ClC1(Cl)CC1CNCC1CC1. The molecule has 0 heterocycles. The largest absolute Gasteiger partial charge is 0.316 e. The van der Waals surface area contributed by atoms with Crippen LogP contribution in [-0.2, 0) is 0 Å². The third kappa shape index (κ3) is 2.24. The number of hydrogen-bond acceptors (Lipinski definition) is 1. The molecule has 0 bridgehead atoms. The average molecular weight is 194 g/mol. The van der Waals surface area contributed by atoms with Crippen LogP contribution < -0.4 is 5.32 Å². The van der Waals surface area contributed by atoms with Crippen LogP contribution in [0.5, 0.6) is 0 Å². The van der Waals surface area contributed by atoms with Gasteiger partial charge in [-0.2, -0.15) is 0 Å². The van der Waals surface area contributed by atoms with Gasteiger partial charge in [-0.1, -0.05) is 0 Å². The van der Waals surface area contributed by atoms with E-state index in [1.807, 2.05) is 0 Å². The van der Waals surface area contributed by atoms with Crippen LogP contribution in [0.15, 0.2) is 0 Å². The monoisotopic (exact) mass is 193 g/mol. The molecule has 0 amide bonds. The van der Waals surface area contributed by atoms with Crippen molar-refractivity contribution in [2.75, 3.05) is 13.1 Å². The van der Waals surface area contributed by atoms with E-state index in [0.29, 0.717) is 5.92 Å². The fourth-order valence-electron chi connectivity index (χ4n) is 1.27. The molecule has 2 aliphatic carbocycles. The minimum Gasteiger partial charge on any atom is -0.316 e. The second kappa shape index (κ2) is 2.79. The molecule has 11 heavy (non-hydrogen) atoms. The van der Waals surface area contributed by atoms with Crippen molar-refractivity contribution >= 4 is 23.2 Å². The van der Waals surface area contributed by atoms with Crippen LogP contribution >= 0.6 is 23.2 Å². The van der Waals surface area contributed by atoms with Crippen molar-refractivity contribution in [2.45, 2.75) is 23.6 Å². The molecule has 1 nitrogen and oxygen atoms in total. The second-order valence-corrected chi connectivity index (χ2v) is 5.31. The molecule has 0 aromatic heterocycles. The molecule has 3 heteroatoms. The van der Waals surface area contributed by atoms with Crippen molar-refractivity contribution < 1.29 is 0 Å². The van der Waals surface area contributed by atoms with E-state index >= 15 is 0 Å². The first-order valence-electron chi connectivity index (χ1n) is 4.27. The van der Waals surface area contributed by atoms with Gasteiger partial charge in [0.25, 0.3) is 0 Å². The first-order chi connectivity index (χ1) is 5.18. The van der Waals surface area contributed by atoms with Crippen molar-refractivity contribution in [1.82, 2.24) is 5.32 Å². The standard InChI is InChI=1S/C8H13Cl2N/c9-8(10)3-7(8)5-11-4-6-1-2-6/h6-7,11H,1-5H2. The summed E-state index contributed by atoms with van der Waals surface area (Å²) in [5.41, 5.74) is 0. The molecule has 2 rings (SSSR count). The Bertz CT molecular complexity index is 154. The Morgan fingerprint density at radius 1 is 1.27 bits per heavy atom. The summed E-state index contributed by atoms with van der Waals surface area (Å²) in [6, 6.07) is 0. The Morgan fingerprint density at radius 2 is 1.91 bits per heavy atom. The Kier molecular flexibility index (Phi) is 2.07. The quantitative estimate of drug-likeness (QED) is 0.676. The molecular formula is C8H13Cl2N.